The molecule has 0 atom stereocenters. The molecule has 0 spiro atoms. The summed E-state index contributed by atoms with van der Waals surface area (Å²) in [6.07, 6.45) is 0.960. The Hall–Kier alpha value is -2.58. The van der Waals surface area contributed by atoms with Crippen LogP contribution in [-0.2, 0) is 22.9 Å². The maximum atomic E-state index is 13.2. The van der Waals surface area contributed by atoms with Gasteiger partial charge in [-0.25, -0.2) is 22.5 Å². The van der Waals surface area contributed by atoms with Crippen molar-refractivity contribution in [3.05, 3.63) is 77.1 Å². The molecule has 0 amide bonds. The molecular formula is C18H19FN4O2S. The molecule has 0 aliphatic heterocycles. The van der Waals surface area contributed by atoms with E-state index < -0.39 is 15.8 Å². The Bertz CT molecular complexity index is 984. The SMILES string of the molecule is Cc1ccc(Cc2nc(CCNS(=O)(=O)c3cccc(F)c3)n[nH]2)cc1. The molecule has 0 aliphatic carbocycles. The summed E-state index contributed by atoms with van der Waals surface area (Å²) in [5, 5.41) is 6.97. The summed E-state index contributed by atoms with van der Waals surface area (Å²) in [5.74, 6) is 0.647. The highest BCUT2D eigenvalue weighted by molar-refractivity contribution is 7.89. The summed E-state index contributed by atoms with van der Waals surface area (Å²) in [4.78, 5) is 4.27. The van der Waals surface area contributed by atoms with Gasteiger partial charge in [0.05, 0.1) is 4.90 Å². The van der Waals surface area contributed by atoms with Crippen molar-refractivity contribution in [3.8, 4) is 0 Å². The topological polar surface area (TPSA) is 87.7 Å². The molecule has 3 aromatic rings. The fourth-order valence-corrected chi connectivity index (χ4v) is 3.50. The Morgan fingerprint density at radius 3 is 2.65 bits per heavy atom. The van der Waals surface area contributed by atoms with E-state index in [2.05, 4.69) is 19.9 Å². The van der Waals surface area contributed by atoms with Gasteiger partial charge in [0.1, 0.15) is 11.6 Å². The van der Waals surface area contributed by atoms with Crippen LogP contribution in [-0.4, -0.2) is 30.1 Å². The molecule has 8 heteroatoms. The lowest BCUT2D eigenvalue weighted by Gasteiger charge is -2.05. The van der Waals surface area contributed by atoms with Crippen molar-refractivity contribution < 1.29 is 12.8 Å². The van der Waals surface area contributed by atoms with Crippen molar-refractivity contribution in [2.45, 2.75) is 24.7 Å². The molecule has 0 saturated heterocycles. The molecule has 3 rings (SSSR count). The smallest absolute Gasteiger partial charge is 0.240 e. The van der Waals surface area contributed by atoms with Gasteiger partial charge in [-0.1, -0.05) is 35.9 Å². The number of nitrogens with zero attached hydrogens (tertiary/aromatic N) is 2. The van der Waals surface area contributed by atoms with E-state index in [0.717, 1.165) is 17.5 Å². The third-order valence-electron chi connectivity index (χ3n) is 3.82. The van der Waals surface area contributed by atoms with E-state index in [4.69, 9.17) is 0 Å². The van der Waals surface area contributed by atoms with Gasteiger partial charge < -0.3 is 0 Å². The molecule has 26 heavy (non-hydrogen) atoms. The number of benzene rings is 2. The third-order valence-corrected chi connectivity index (χ3v) is 5.28. The molecule has 2 N–H and O–H groups in total. The zero-order valence-corrected chi connectivity index (χ0v) is 15.1. The van der Waals surface area contributed by atoms with E-state index in [9.17, 15) is 12.8 Å². The van der Waals surface area contributed by atoms with E-state index in [1.54, 1.807) is 0 Å². The standard InChI is InChI=1S/C18H19FN4O2S/c1-13-5-7-14(8-6-13)11-18-21-17(22-23-18)9-10-20-26(24,25)16-4-2-3-15(19)12-16/h2-8,12,20H,9-11H2,1H3,(H,21,22,23). The van der Waals surface area contributed by atoms with Crippen molar-refractivity contribution in [1.82, 2.24) is 19.9 Å². The second kappa shape index (κ2) is 7.76. The minimum Gasteiger partial charge on any atom is -0.263 e. The zero-order valence-electron chi connectivity index (χ0n) is 14.2. The summed E-state index contributed by atoms with van der Waals surface area (Å²) in [6, 6.07) is 13.0. The minimum absolute atomic E-state index is 0.104. The van der Waals surface area contributed by atoms with Crippen LogP contribution in [0.2, 0.25) is 0 Å². The molecule has 6 nitrogen and oxygen atoms in total. The summed E-state index contributed by atoms with van der Waals surface area (Å²) < 4.78 is 39.8. The van der Waals surface area contributed by atoms with Gasteiger partial charge in [0.15, 0.2) is 5.82 Å². The van der Waals surface area contributed by atoms with Crippen LogP contribution in [0.1, 0.15) is 22.8 Å². The molecule has 0 aliphatic rings. The maximum absolute atomic E-state index is 13.2. The minimum atomic E-state index is -3.75. The van der Waals surface area contributed by atoms with Gasteiger partial charge >= 0.3 is 0 Å². The lowest BCUT2D eigenvalue weighted by Crippen LogP contribution is -2.26. The summed E-state index contributed by atoms with van der Waals surface area (Å²) in [7, 11) is -3.75. The fourth-order valence-electron chi connectivity index (χ4n) is 2.44. The van der Waals surface area contributed by atoms with Gasteiger partial charge in [-0.3, -0.25) is 5.10 Å². The molecule has 136 valence electrons. The summed E-state index contributed by atoms with van der Waals surface area (Å²) >= 11 is 0. The summed E-state index contributed by atoms with van der Waals surface area (Å²) in [5.41, 5.74) is 2.31. The van der Waals surface area contributed by atoms with Gasteiger partial charge in [-0.2, -0.15) is 5.10 Å². The number of hydrogen-bond acceptors (Lipinski definition) is 4. The van der Waals surface area contributed by atoms with Crippen LogP contribution >= 0.6 is 0 Å². The molecule has 0 fully saturated rings. The number of aryl methyl sites for hydroxylation is 1. The molecule has 0 unspecified atom stereocenters. The molecular weight excluding hydrogens is 355 g/mol. The first-order valence-corrected chi connectivity index (χ1v) is 9.62. The van der Waals surface area contributed by atoms with Crippen LogP contribution in [0.25, 0.3) is 0 Å². The normalized spacial score (nSPS) is 11.6. The van der Waals surface area contributed by atoms with Gasteiger partial charge in [0.25, 0.3) is 0 Å². The van der Waals surface area contributed by atoms with E-state index in [-0.39, 0.29) is 11.4 Å². The molecule has 0 saturated carbocycles. The van der Waals surface area contributed by atoms with Crippen LogP contribution in [0, 0.1) is 12.7 Å². The van der Waals surface area contributed by atoms with Gasteiger partial charge in [0, 0.05) is 19.4 Å². The van der Waals surface area contributed by atoms with E-state index >= 15 is 0 Å². The average molecular weight is 374 g/mol. The Balaban J connectivity index is 1.55. The molecule has 2 aromatic carbocycles. The first-order valence-electron chi connectivity index (χ1n) is 8.13. The number of hydrogen-bond donors (Lipinski definition) is 2. The first kappa shape index (κ1) is 18.2. The Morgan fingerprint density at radius 2 is 1.92 bits per heavy atom. The third kappa shape index (κ3) is 4.74. The lowest BCUT2D eigenvalue weighted by atomic mass is 10.1. The van der Waals surface area contributed by atoms with Crippen molar-refractivity contribution >= 4 is 10.0 Å². The van der Waals surface area contributed by atoms with Crippen molar-refractivity contribution in [3.63, 3.8) is 0 Å². The van der Waals surface area contributed by atoms with E-state index in [1.165, 1.54) is 23.8 Å². The monoisotopic (exact) mass is 374 g/mol. The predicted octanol–water partition coefficient (Wildman–Crippen LogP) is 2.36. The van der Waals surface area contributed by atoms with Crippen molar-refractivity contribution in [1.29, 1.82) is 0 Å². The average Bonchev–Trinajstić information content (AvgIpc) is 3.04. The number of aromatic nitrogens is 3. The van der Waals surface area contributed by atoms with Crippen LogP contribution in [0.3, 0.4) is 0 Å². The maximum Gasteiger partial charge on any atom is 0.240 e. The number of nitrogens with one attached hydrogen (secondary N) is 2. The lowest BCUT2D eigenvalue weighted by molar-refractivity contribution is 0.577. The molecule has 0 bridgehead atoms. The van der Waals surface area contributed by atoms with E-state index in [1.807, 2.05) is 31.2 Å². The highest BCUT2D eigenvalue weighted by Gasteiger charge is 2.14. The quantitative estimate of drug-likeness (QED) is 0.665. The summed E-state index contributed by atoms with van der Waals surface area (Å²) in [6.45, 7) is 2.15. The van der Waals surface area contributed by atoms with E-state index in [0.29, 0.717) is 18.7 Å². The second-order valence-corrected chi connectivity index (χ2v) is 7.73. The number of H-pyrrole nitrogens is 1. The highest BCUT2D eigenvalue weighted by Crippen LogP contribution is 2.10. The Morgan fingerprint density at radius 1 is 1.15 bits per heavy atom. The Kier molecular flexibility index (Phi) is 5.43. The van der Waals surface area contributed by atoms with Crippen molar-refractivity contribution in [2.75, 3.05) is 6.54 Å². The molecule has 0 radical (unpaired) electrons. The van der Waals surface area contributed by atoms with Gasteiger partial charge in [-0.15, -0.1) is 0 Å². The first-order chi connectivity index (χ1) is 12.4. The fraction of sp³-hybridized carbons (Fsp3) is 0.222. The van der Waals surface area contributed by atoms with Crippen LogP contribution in [0.15, 0.2) is 53.4 Å². The largest absolute Gasteiger partial charge is 0.263 e. The number of halogens is 1. The van der Waals surface area contributed by atoms with Crippen LogP contribution < -0.4 is 4.72 Å². The number of sulfonamides is 1. The molecule has 1 aromatic heterocycles. The number of aromatic amines is 1. The zero-order chi connectivity index (χ0) is 18.6. The van der Waals surface area contributed by atoms with Crippen LogP contribution in [0.4, 0.5) is 4.39 Å². The predicted molar refractivity (Wildman–Crippen MR) is 95.7 cm³/mol. The second-order valence-electron chi connectivity index (χ2n) is 5.97. The number of rotatable bonds is 7. The molecule has 1 heterocycles. The van der Waals surface area contributed by atoms with Crippen molar-refractivity contribution in [2.24, 2.45) is 0 Å². The Labute approximate surface area is 151 Å². The highest BCUT2D eigenvalue weighted by atomic mass is 32.2. The van der Waals surface area contributed by atoms with Crippen LogP contribution in [0.5, 0.6) is 0 Å². The van der Waals surface area contributed by atoms with Gasteiger partial charge in [-0.05, 0) is 30.7 Å². The van der Waals surface area contributed by atoms with Gasteiger partial charge in [0.2, 0.25) is 10.0 Å².